The number of tetrazole rings is 1. The zero-order chi connectivity index (χ0) is 12.5. The van der Waals surface area contributed by atoms with Gasteiger partial charge in [0.1, 0.15) is 5.82 Å². The van der Waals surface area contributed by atoms with Gasteiger partial charge in [-0.25, -0.2) is 4.39 Å². The summed E-state index contributed by atoms with van der Waals surface area (Å²) < 4.78 is 14.7. The summed E-state index contributed by atoms with van der Waals surface area (Å²) in [5.41, 5.74) is 6.81. The van der Waals surface area contributed by atoms with E-state index in [1.807, 2.05) is 0 Å². The Morgan fingerprint density at radius 2 is 2.06 bits per heavy atom. The molecule has 0 amide bonds. The Balaban J connectivity index is 2.03. The van der Waals surface area contributed by atoms with E-state index in [-0.39, 0.29) is 5.82 Å². The fourth-order valence-electron chi connectivity index (χ4n) is 2.52. The summed E-state index contributed by atoms with van der Waals surface area (Å²) in [6, 6.07) is 4.26. The number of rotatable bonds is 2. The molecule has 1 aliphatic rings. The van der Waals surface area contributed by atoms with Crippen molar-refractivity contribution in [3.8, 4) is 5.69 Å². The van der Waals surface area contributed by atoms with E-state index in [9.17, 15) is 4.39 Å². The molecule has 0 radical (unpaired) electrons. The van der Waals surface area contributed by atoms with Gasteiger partial charge < -0.3 is 5.73 Å². The molecule has 1 saturated carbocycles. The van der Waals surface area contributed by atoms with Crippen LogP contribution in [0.3, 0.4) is 0 Å². The van der Waals surface area contributed by atoms with Gasteiger partial charge in [-0.1, -0.05) is 12.8 Å². The first-order valence-electron chi connectivity index (χ1n) is 6.09. The average Bonchev–Trinajstić information content (AvgIpc) is 2.98. The van der Waals surface area contributed by atoms with Crippen LogP contribution in [0.4, 0.5) is 10.1 Å². The van der Waals surface area contributed by atoms with Crippen LogP contribution in [0.1, 0.15) is 37.4 Å². The molecule has 1 aromatic heterocycles. The highest BCUT2D eigenvalue weighted by molar-refractivity contribution is 5.57. The fraction of sp³-hybridized carbons (Fsp3) is 0.417. The number of nitrogens with two attached hydrogens (primary N) is 1. The van der Waals surface area contributed by atoms with E-state index in [2.05, 4.69) is 15.5 Å². The summed E-state index contributed by atoms with van der Waals surface area (Å²) in [7, 11) is 0. The molecule has 0 bridgehead atoms. The standard InChI is InChI=1S/C12H14FN5/c13-9-5-6-11(10(14)7-9)18-12(15-16-17-18)8-3-1-2-4-8/h5-8H,1-4,14H2. The Morgan fingerprint density at radius 1 is 1.28 bits per heavy atom. The molecule has 18 heavy (non-hydrogen) atoms. The first-order valence-corrected chi connectivity index (χ1v) is 6.09. The molecule has 0 unspecified atom stereocenters. The van der Waals surface area contributed by atoms with Crippen LogP contribution in [0.15, 0.2) is 18.2 Å². The second kappa shape index (κ2) is 4.36. The van der Waals surface area contributed by atoms with Gasteiger partial charge in [0.2, 0.25) is 0 Å². The van der Waals surface area contributed by atoms with Gasteiger partial charge in [0.05, 0.1) is 11.4 Å². The maximum absolute atomic E-state index is 13.0. The van der Waals surface area contributed by atoms with Crippen molar-refractivity contribution in [2.45, 2.75) is 31.6 Å². The van der Waals surface area contributed by atoms with Gasteiger partial charge in [-0.2, -0.15) is 4.68 Å². The van der Waals surface area contributed by atoms with E-state index in [1.165, 1.54) is 25.0 Å². The predicted octanol–water partition coefficient (Wildman–Crippen LogP) is 2.04. The maximum atomic E-state index is 13.0. The van der Waals surface area contributed by atoms with Crippen molar-refractivity contribution in [3.63, 3.8) is 0 Å². The van der Waals surface area contributed by atoms with Crippen molar-refractivity contribution < 1.29 is 4.39 Å². The van der Waals surface area contributed by atoms with Gasteiger partial charge in [-0.15, -0.1) is 5.10 Å². The average molecular weight is 247 g/mol. The molecule has 3 rings (SSSR count). The monoisotopic (exact) mass is 247 g/mol. The fourth-order valence-corrected chi connectivity index (χ4v) is 2.52. The van der Waals surface area contributed by atoms with E-state index in [0.717, 1.165) is 18.7 Å². The van der Waals surface area contributed by atoms with E-state index in [1.54, 1.807) is 10.7 Å². The Bertz CT molecular complexity index is 559. The van der Waals surface area contributed by atoms with Crippen LogP contribution < -0.4 is 5.73 Å². The van der Waals surface area contributed by atoms with Gasteiger partial charge in [-0.3, -0.25) is 0 Å². The van der Waals surface area contributed by atoms with Gasteiger partial charge >= 0.3 is 0 Å². The van der Waals surface area contributed by atoms with Crippen LogP contribution in [-0.2, 0) is 0 Å². The molecule has 94 valence electrons. The molecule has 1 aromatic carbocycles. The van der Waals surface area contributed by atoms with Crippen LogP contribution in [0.25, 0.3) is 5.69 Å². The maximum Gasteiger partial charge on any atom is 0.159 e. The van der Waals surface area contributed by atoms with Gasteiger partial charge in [0, 0.05) is 5.92 Å². The number of nitrogens with zero attached hydrogens (tertiary/aromatic N) is 4. The first kappa shape index (κ1) is 11.1. The van der Waals surface area contributed by atoms with Crippen LogP contribution in [0, 0.1) is 5.82 Å². The van der Waals surface area contributed by atoms with Gasteiger partial charge in [-0.05, 0) is 41.5 Å². The number of nitrogen functional groups attached to an aromatic ring is 1. The Labute approximate surface area is 104 Å². The van der Waals surface area contributed by atoms with Crippen molar-refractivity contribution in [1.29, 1.82) is 0 Å². The van der Waals surface area contributed by atoms with Crippen molar-refractivity contribution in [2.24, 2.45) is 0 Å². The number of hydrogen-bond donors (Lipinski definition) is 1. The van der Waals surface area contributed by atoms with E-state index < -0.39 is 0 Å². The van der Waals surface area contributed by atoms with Crippen LogP contribution in [0.5, 0.6) is 0 Å². The summed E-state index contributed by atoms with van der Waals surface area (Å²) in [5, 5.41) is 11.8. The number of benzene rings is 1. The van der Waals surface area contributed by atoms with Crippen LogP contribution in [0.2, 0.25) is 0 Å². The van der Waals surface area contributed by atoms with Gasteiger partial charge in [0.15, 0.2) is 5.82 Å². The minimum atomic E-state index is -0.355. The quantitative estimate of drug-likeness (QED) is 0.824. The summed E-state index contributed by atoms with van der Waals surface area (Å²) in [4.78, 5) is 0. The lowest BCUT2D eigenvalue weighted by Crippen LogP contribution is -2.09. The summed E-state index contributed by atoms with van der Waals surface area (Å²) >= 11 is 0. The molecule has 5 nitrogen and oxygen atoms in total. The molecule has 6 heteroatoms. The van der Waals surface area contributed by atoms with E-state index >= 15 is 0 Å². The molecule has 0 atom stereocenters. The van der Waals surface area contributed by atoms with E-state index in [4.69, 9.17) is 5.73 Å². The third kappa shape index (κ3) is 1.83. The van der Waals surface area contributed by atoms with Crippen molar-refractivity contribution in [2.75, 3.05) is 5.73 Å². The Kier molecular flexibility index (Phi) is 2.70. The SMILES string of the molecule is Nc1cc(F)ccc1-n1nnnc1C1CCCC1. The second-order valence-electron chi connectivity index (χ2n) is 4.63. The topological polar surface area (TPSA) is 69.6 Å². The number of halogens is 1. The largest absolute Gasteiger partial charge is 0.397 e. The smallest absolute Gasteiger partial charge is 0.159 e. The third-order valence-corrected chi connectivity index (χ3v) is 3.43. The molecular weight excluding hydrogens is 233 g/mol. The summed E-state index contributed by atoms with van der Waals surface area (Å²) in [6.45, 7) is 0. The summed E-state index contributed by atoms with van der Waals surface area (Å²) in [5.74, 6) is 0.849. The highest BCUT2D eigenvalue weighted by atomic mass is 19.1. The lowest BCUT2D eigenvalue weighted by Gasteiger charge is -2.11. The molecule has 1 aliphatic carbocycles. The number of hydrogen-bond acceptors (Lipinski definition) is 4. The lowest BCUT2D eigenvalue weighted by atomic mass is 10.1. The Hall–Kier alpha value is -1.98. The zero-order valence-electron chi connectivity index (χ0n) is 9.88. The lowest BCUT2D eigenvalue weighted by molar-refractivity contribution is 0.622. The normalized spacial score (nSPS) is 16.3. The predicted molar refractivity (Wildman–Crippen MR) is 64.7 cm³/mol. The molecule has 2 N–H and O–H groups in total. The number of aromatic nitrogens is 4. The third-order valence-electron chi connectivity index (χ3n) is 3.43. The molecule has 0 saturated heterocycles. The second-order valence-corrected chi connectivity index (χ2v) is 4.63. The van der Waals surface area contributed by atoms with Gasteiger partial charge in [0.25, 0.3) is 0 Å². The van der Waals surface area contributed by atoms with Crippen molar-refractivity contribution in [3.05, 3.63) is 29.8 Å². The molecule has 0 spiro atoms. The van der Waals surface area contributed by atoms with Crippen molar-refractivity contribution >= 4 is 5.69 Å². The minimum absolute atomic E-state index is 0.349. The zero-order valence-corrected chi connectivity index (χ0v) is 9.88. The highest BCUT2D eigenvalue weighted by Crippen LogP contribution is 2.33. The van der Waals surface area contributed by atoms with E-state index in [0.29, 0.717) is 17.3 Å². The van der Waals surface area contributed by atoms with Crippen LogP contribution in [-0.4, -0.2) is 20.2 Å². The molecule has 0 aliphatic heterocycles. The molecule has 1 heterocycles. The first-order chi connectivity index (χ1) is 8.75. The van der Waals surface area contributed by atoms with Crippen LogP contribution >= 0.6 is 0 Å². The number of anilines is 1. The Morgan fingerprint density at radius 3 is 2.78 bits per heavy atom. The summed E-state index contributed by atoms with van der Waals surface area (Å²) in [6.07, 6.45) is 4.61. The molecule has 2 aromatic rings. The minimum Gasteiger partial charge on any atom is -0.397 e. The van der Waals surface area contributed by atoms with Crippen molar-refractivity contribution in [1.82, 2.24) is 20.2 Å². The molecular formula is C12H14FN5. The highest BCUT2D eigenvalue weighted by Gasteiger charge is 2.24. The molecule has 1 fully saturated rings.